The van der Waals surface area contributed by atoms with Gasteiger partial charge in [0.05, 0.1) is 33.2 Å². The molecule has 0 bridgehead atoms. The smallest absolute Gasteiger partial charge is 0.165 e. The van der Waals surface area contributed by atoms with E-state index in [0.29, 0.717) is 31.4 Å². The Morgan fingerprint density at radius 3 is 2.52 bits per heavy atom. The largest absolute Gasteiger partial charge is 0.493 e. The summed E-state index contributed by atoms with van der Waals surface area (Å²) < 4.78 is 21.7. The maximum atomic E-state index is 10.4. The quantitative estimate of drug-likeness (QED) is 0.612. The number of aliphatic hydroxyl groups excluding tert-OH is 1. The highest BCUT2D eigenvalue weighted by Crippen LogP contribution is 2.31. The predicted molar refractivity (Wildman–Crippen MR) is 104 cm³/mol. The molecule has 0 aliphatic rings. The molecule has 1 heterocycles. The van der Waals surface area contributed by atoms with Crippen LogP contribution in [0.2, 0.25) is 0 Å². The highest BCUT2D eigenvalue weighted by atomic mass is 16.5. The van der Waals surface area contributed by atoms with Crippen LogP contribution >= 0.6 is 0 Å². The van der Waals surface area contributed by atoms with Crippen molar-refractivity contribution in [3.05, 3.63) is 47.9 Å². The lowest BCUT2D eigenvalue weighted by molar-refractivity contribution is 0.00213. The molecule has 0 aliphatic carbocycles. The number of hydrogen-bond donors (Lipinski definition) is 1. The summed E-state index contributed by atoms with van der Waals surface area (Å²) in [6.07, 6.45) is 1.02. The van der Waals surface area contributed by atoms with Gasteiger partial charge < -0.3 is 23.7 Å². The van der Waals surface area contributed by atoms with E-state index in [1.807, 2.05) is 30.3 Å². The van der Waals surface area contributed by atoms with Crippen LogP contribution in [0, 0.1) is 5.92 Å². The topological polar surface area (TPSA) is 64.3 Å². The molecule has 1 aromatic heterocycles. The van der Waals surface area contributed by atoms with E-state index in [1.54, 1.807) is 20.5 Å². The number of para-hydroxylation sites is 1. The van der Waals surface area contributed by atoms with Crippen molar-refractivity contribution in [1.82, 2.24) is 4.90 Å². The van der Waals surface area contributed by atoms with Gasteiger partial charge in [0.1, 0.15) is 12.4 Å². The zero-order chi connectivity index (χ0) is 19.6. The van der Waals surface area contributed by atoms with E-state index in [2.05, 4.69) is 18.7 Å². The fraction of sp³-hybridized carbons (Fsp3) is 0.524. The first kappa shape index (κ1) is 21.3. The Labute approximate surface area is 161 Å². The van der Waals surface area contributed by atoms with Gasteiger partial charge in [0.2, 0.25) is 0 Å². The second-order valence-corrected chi connectivity index (χ2v) is 6.99. The Kier molecular flexibility index (Phi) is 8.64. The third-order valence-corrected chi connectivity index (χ3v) is 4.11. The molecular formula is C21H31NO5. The Morgan fingerprint density at radius 2 is 1.89 bits per heavy atom. The van der Waals surface area contributed by atoms with Gasteiger partial charge in [-0.2, -0.15) is 0 Å². The fourth-order valence-corrected chi connectivity index (χ4v) is 3.08. The average molecular weight is 377 g/mol. The van der Waals surface area contributed by atoms with Crippen molar-refractivity contribution in [2.75, 3.05) is 33.9 Å². The molecule has 0 aliphatic heterocycles. The maximum absolute atomic E-state index is 10.4. The van der Waals surface area contributed by atoms with Crippen LogP contribution < -0.4 is 9.47 Å². The Morgan fingerprint density at radius 1 is 1.07 bits per heavy atom. The summed E-state index contributed by atoms with van der Waals surface area (Å²) in [4.78, 5) is 2.21. The second kappa shape index (κ2) is 11.0. The number of benzene rings is 1. The number of ether oxygens (including phenoxy) is 3. The van der Waals surface area contributed by atoms with Crippen LogP contribution in [0.1, 0.15) is 25.2 Å². The van der Waals surface area contributed by atoms with E-state index in [9.17, 15) is 5.11 Å². The molecule has 1 atom stereocenters. The van der Waals surface area contributed by atoms with Gasteiger partial charge in [-0.05, 0) is 24.1 Å². The molecule has 2 rings (SSSR count). The minimum absolute atomic E-state index is 0.255. The van der Waals surface area contributed by atoms with Crippen LogP contribution in [0.15, 0.2) is 41.0 Å². The zero-order valence-corrected chi connectivity index (χ0v) is 16.7. The normalized spacial score (nSPS) is 12.6. The van der Waals surface area contributed by atoms with Crippen LogP contribution in [0.25, 0.3) is 0 Å². The fourth-order valence-electron chi connectivity index (χ4n) is 3.08. The highest BCUT2D eigenvalue weighted by Gasteiger charge is 2.17. The first-order valence-corrected chi connectivity index (χ1v) is 9.23. The summed E-state index contributed by atoms with van der Waals surface area (Å²) >= 11 is 0. The van der Waals surface area contributed by atoms with Crippen LogP contribution in [-0.2, 0) is 17.9 Å². The van der Waals surface area contributed by atoms with Crippen LogP contribution in [0.4, 0.5) is 0 Å². The number of methoxy groups -OCH3 is 2. The summed E-state index contributed by atoms with van der Waals surface area (Å²) in [7, 11) is 3.28. The van der Waals surface area contributed by atoms with Crippen molar-refractivity contribution in [1.29, 1.82) is 0 Å². The van der Waals surface area contributed by atoms with Gasteiger partial charge in [-0.1, -0.05) is 26.0 Å². The molecule has 1 N–H and O–H groups in total. The molecule has 0 saturated carbocycles. The molecule has 0 spiro atoms. The number of aliphatic hydroxyl groups is 1. The van der Waals surface area contributed by atoms with Gasteiger partial charge in [0.25, 0.3) is 0 Å². The number of furan rings is 1. The molecule has 0 amide bonds. The lowest BCUT2D eigenvalue weighted by atomic mass is 10.1. The van der Waals surface area contributed by atoms with E-state index in [-0.39, 0.29) is 6.61 Å². The highest BCUT2D eigenvalue weighted by molar-refractivity contribution is 5.46. The molecule has 6 nitrogen and oxygen atoms in total. The first-order valence-electron chi connectivity index (χ1n) is 9.23. The van der Waals surface area contributed by atoms with Gasteiger partial charge >= 0.3 is 0 Å². The summed E-state index contributed by atoms with van der Waals surface area (Å²) in [5.41, 5.74) is 1.03. The van der Waals surface area contributed by atoms with E-state index in [0.717, 1.165) is 23.6 Å². The number of rotatable bonds is 12. The Balaban J connectivity index is 1.96. The molecule has 6 heteroatoms. The maximum Gasteiger partial charge on any atom is 0.165 e. The molecule has 1 unspecified atom stereocenters. The van der Waals surface area contributed by atoms with Crippen molar-refractivity contribution in [2.24, 2.45) is 5.92 Å². The van der Waals surface area contributed by atoms with Crippen LogP contribution in [0.3, 0.4) is 0 Å². The van der Waals surface area contributed by atoms with E-state index < -0.39 is 6.10 Å². The standard InChI is InChI=1S/C21H31NO5/c1-16(2)11-22(12-17-7-5-9-20(24-3)21(17)25-4)13-18(23)14-26-15-19-8-6-10-27-19/h5-10,16,18,23H,11-15H2,1-4H3. The van der Waals surface area contributed by atoms with Crippen molar-refractivity contribution in [3.63, 3.8) is 0 Å². The Hall–Kier alpha value is -2.02. The number of nitrogens with zero attached hydrogens (tertiary/aromatic N) is 1. The van der Waals surface area contributed by atoms with Gasteiger partial charge in [0.15, 0.2) is 11.5 Å². The molecule has 150 valence electrons. The lowest BCUT2D eigenvalue weighted by Crippen LogP contribution is -2.36. The second-order valence-electron chi connectivity index (χ2n) is 6.99. The van der Waals surface area contributed by atoms with Crippen molar-refractivity contribution >= 4 is 0 Å². The van der Waals surface area contributed by atoms with E-state index in [1.165, 1.54) is 0 Å². The van der Waals surface area contributed by atoms with Crippen molar-refractivity contribution in [2.45, 2.75) is 33.1 Å². The van der Waals surface area contributed by atoms with Crippen molar-refractivity contribution in [3.8, 4) is 11.5 Å². The number of hydrogen-bond acceptors (Lipinski definition) is 6. The minimum Gasteiger partial charge on any atom is -0.493 e. The van der Waals surface area contributed by atoms with Crippen LogP contribution in [0.5, 0.6) is 11.5 Å². The summed E-state index contributed by atoms with van der Waals surface area (Å²) in [6, 6.07) is 9.53. The van der Waals surface area contributed by atoms with E-state index >= 15 is 0 Å². The molecule has 2 aromatic rings. The van der Waals surface area contributed by atoms with E-state index in [4.69, 9.17) is 18.6 Å². The molecule has 0 fully saturated rings. The predicted octanol–water partition coefficient (Wildman–Crippen LogP) is 3.33. The van der Waals surface area contributed by atoms with Crippen molar-refractivity contribution < 1.29 is 23.7 Å². The van der Waals surface area contributed by atoms with Crippen LogP contribution in [-0.4, -0.2) is 50.0 Å². The molecule has 27 heavy (non-hydrogen) atoms. The van der Waals surface area contributed by atoms with Gasteiger partial charge in [0, 0.05) is 25.2 Å². The lowest BCUT2D eigenvalue weighted by Gasteiger charge is -2.27. The molecular weight excluding hydrogens is 346 g/mol. The third kappa shape index (κ3) is 6.90. The zero-order valence-electron chi connectivity index (χ0n) is 16.7. The monoisotopic (exact) mass is 377 g/mol. The summed E-state index contributed by atoms with van der Waals surface area (Å²) in [5.74, 6) is 2.67. The third-order valence-electron chi connectivity index (χ3n) is 4.11. The van der Waals surface area contributed by atoms with Gasteiger partial charge in [-0.15, -0.1) is 0 Å². The molecule has 0 radical (unpaired) electrons. The minimum atomic E-state index is -0.588. The molecule has 1 aromatic carbocycles. The summed E-state index contributed by atoms with van der Waals surface area (Å²) in [6.45, 7) is 6.97. The SMILES string of the molecule is COc1cccc(CN(CC(C)C)CC(O)COCc2ccco2)c1OC. The van der Waals surface area contributed by atoms with Gasteiger partial charge in [-0.25, -0.2) is 0 Å². The first-order chi connectivity index (χ1) is 13.0. The summed E-state index contributed by atoms with van der Waals surface area (Å²) in [5, 5.41) is 10.4. The molecule has 0 saturated heterocycles. The average Bonchev–Trinajstić information content (AvgIpc) is 3.14. The Bertz CT molecular complexity index is 657. The van der Waals surface area contributed by atoms with Gasteiger partial charge in [-0.3, -0.25) is 4.90 Å².